The van der Waals surface area contributed by atoms with Crippen LogP contribution in [0.2, 0.25) is 0 Å². The minimum Gasteiger partial charge on any atom is -0.356 e. The van der Waals surface area contributed by atoms with Crippen molar-refractivity contribution in [1.82, 2.24) is 0 Å². The number of ketones is 1. The molecule has 0 saturated heterocycles. The average Bonchev–Trinajstić information content (AvgIpc) is 2.07. The Morgan fingerprint density at radius 2 is 1.85 bits per heavy atom. The summed E-state index contributed by atoms with van der Waals surface area (Å²) >= 11 is 0. The highest BCUT2D eigenvalue weighted by Gasteiger charge is 2.28. The van der Waals surface area contributed by atoms with Crippen LogP contribution in [0.4, 0.5) is 0 Å². The highest BCUT2D eigenvalue weighted by atomic mass is 16.7. The highest BCUT2D eigenvalue weighted by Crippen LogP contribution is 2.18. The summed E-state index contributed by atoms with van der Waals surface area (Å²) < 4.78 is 9.94. The Hall–Kier alpha value is -0.920. The zero-order valence-electron chi connectivity index (χ0n) is 8.40. The molecule has 2 atom stereocenters. The number of hydrogen-bond acceptors (Lipinski definition) is 4. The Balaban J connectivity index is 4.45. The third-order valence-corrected chi connectivity index (χ3v) is 2.00. The van der Waals surface area contributed by atoms with Crippen molar-refractivity contribution < 1.29 is 14.3 Å². The predicted molar refractivity (Wildman–Crippen MR) is 46.8 cm³/mol. The fourth-order valence-electron chi connectivity index (χ4n) is 1.26. The van der Waals surface area contributed by atoms with Crippen LogP contribution in [0.3, 0.4) is 0 Å². The van der Waals surface area contributed by atoms with E-state index in [4.69, 9.17) is 14.7 Å². The average molecular weight is 185 g/mol. The molecule has 0 aromatic rings. The molecule has 0 amide bonds. The van der Waals surface area contributed by atoms with Gasteiger partial charge in [-0.05, 0) is 6.92 Å². The molecule has 0 aliphatic rings. The molecule has 4 nitrogen and oxygen atoms in total. The summed E-state index contributed by atoms with van der Waals surface area (Å²) in [6.45, 7) is 3.15. The normalized spacial score (nSPS) is 15.1. The third-order valence-electron chi connectivity index (χ3n) is 2.00. The first-order valence-electron chi connectivity index (χ1n) is 4.04. The van der Waals surface area contributed by atoms with E-state index in [-0.39, 0.29) is 11.7 Å². The van der Waals surface area contributed by atoms with Crippen LogP contribution in [0.15, 0.2) is 0 Å². The number of nitrogens with zero attached hydrogens (tertiary/aromatic N) is 1. The second kappa shape index (κ2) is 5.68. The van der Waals surface area contributed by atoms with Crippen LogP contribution >= 0.6 is 0 Å². The van der Waals surface area contributed by atoms with Gasteiger partial charge in [0, 0.05) is 20.1 Å². The lowest BCUT2D eigenvalue weighted by Crippen LogP contribution is -2.31. The maximum Gasteiger partial charge on any atom is 0.161 e. The molecule has 0 aromatic carbocycles. The van der Waals surface area contributed by atoms with Crippen molar-refractivity contribution in [2.45, 2.75) is 20.1 Å². The Bertz CT molecular complexity index is 205. The van der Waals surface area contributed by atoms with Crippen LogP contribution in [0.25, 0.3) is 0 Å². The van der Waals surface area contributed by atoms with Gasteiger partial charge in [0.15, 0.2) is 6.29 Å². The molecule has 0 aromatic heterocycles. The quantitative estimate of drug-likeness (QED) is 0.599. The molecule has 2 unspecified atom stereocenters. The van der Waals surface area contributed by atoms with Crippen LogP contribution in [0, 0.1) is 23.2 Å². The molecule has 0 aliphatic carbocycles. The Morgan fingerprint density at radius 1 is 1.38 bits per heavy atom. The summed E-state index contributed by atoms with van der Waals surface area (Å²) in [5, 5.41) is 8.72. The maximum absolute atomic E-state index is 11.0. The third kappa shape index (κ3) is 3.13. The first-order chi connectivity index (χ1) is 6.08. The smallest absolute Gasteiger partial charge is 0.161 e. The van der Waals surface area contributed by atoms with E-state index in [2.05, 4.69) is 0 Å². The number of Topliss-reactive ketones (excluding diaryl/α,β-unsaturated/α-hetero) is 1. The van der Waals surface area contributed by atoms with Crippen LogP contribution in [-0.2, 0) is 14.3 Å². The zero-order chi connectivity index (χ0) is 10.4. The lowest BCUT2D eigenvalue weighted by Gasteiger charge is -2.23. The van der Waals surface area contributed by atoms with Gasteiger partial charge >= 0.3 is 0 Å². The van der Waals surface area contributed by atoms with Crippen molar-refractivity contribution in [2.75, 3.05) is 14.2 Å². The van der Waals surface area contributed by atoms with Gasteiger partial charge in [-0.15, -0.1) is 0 Å². The largest absolute Gasteiger partial charge is 0.356 e. The van der Waals surface area contributed by atoms with E-state index in [0.717, 1.165) is 0 Å². The highest BCUT2D eigenvalue weighted by molar-refractivity contribution is 5.81. The summed E-state index contributed by atoms with van der Waals surface area (Å²) in [7, 11) is 2.97. The topological polar surface area (TPSA) is 59.3 Å². The maximum atomic E-state index is 11.0. The summed E-state index contributed by atoms with van der Waals surface area (Å²) in [5.41, 5.74) is 0. The van der Waals surface area contributed by atoms with Crippen molar-refractivity contribution in [3.8, 4) is 6.07 Å². The molecule has 74 valence electrons. The van der Waals surface area contributed by atoms with E-state index >= 15 is 0 Å². The number of nitriles is 1. The SMILES string of the molecule is COC(OC)C(C)C(C#N)C(C)=O. The lowest BCUT2D eigenvalue weighted by molar-refractivity contribution is -0.148. The van der Waals surface area contributed by atoms with Gasteiger partial charge < -0.3 is 9.47 Å². The fraction of sp³-hybridized carbons (Fsp3) is 0.778. The first kappa shape index (κ1) is 12.1. The molecule has 0 heterocycles. The van der Waals surface area contributed by atoms with Crippen molar-refractivity contribution in [3.05, 3.63) is 0 Å². The Labute approximate surface area is 78.4 Å². The van der Waals surface area contributed by atoms with Crippen LogP contribution in [0.5, 0.6) is 0 Å². The second-order valence-electron chi connectivity index (χ2n) is 2.92. The standard InChI is InChI=1S/C9H15NO3/c1-6(9(12-3)13-4)8(5-10)7(2)11/h6,8-9H,1-4H3. The molecule has 4 heteroatoms. The summed E-state index contributed by atoms with van der Waals surface area (Å²) in [6.07, 6.45) is -0.506. The molecule has 0 fully saturated rings. The molecule has 0 N–H and O–H groups in total. The van der Waals surface area contributed by atoms with Crippen LogP contribution in [0.1, 0.15) is 13.8 Å². The van der Waals surface area contributed by atoms with Gasteiger partial charge in [-0.1, -0.05) is 6.92 Å². The van der Waals surface area contributed by atoms with Crippen molar-refractivity contribution >= 4 is 5.78 Å². The molecule has 0 radical (unpaired) electrons. The molecule has 0 bridgehead atoms. The van der Waals surface area contributed by atoms with Gasteiger partial charge in [-0.2, -0.15) is 5.26 Å². The Kier molecular flexibility index (Phi) is 5.28. The van der Waals surface area contributed by atoms with Gasteiger partial charge in [0.25, 0.3) is 0 Å². The summed E-state index contributed by atoms with van der Waals surface area (Å²) in [6, 6.07) is 1.94. The van der Waals surface area contributed by atoms with E-state index in [1.165, 1.54) is 21.1 Å². The zero-order valence-corrected chi connectivity index (χ0v) is 8.40. The van der Waals surface area contributed by atoms with Crippen LogP contribution in [-0.4, -0.2) is 26.3 Å². The molecule has 0 spiro atoms. The minimum absolute atomic E-state index is 0.158. The molecule has 0 rings (SSSR count). The fourth-order valence-corrected chi connectivity index (χ4v) is 1.26. The number of methoxy groups -OCH3 is 2. The van der Waals surface area contributed by atoms with Gasteiger partial charge in [0.1, 0.15) is 11.7 Å². The second-order valence-corrected chi connectivity index (χ2v) is 2.92. The van der Waals surface area contributed by atoms with E-state index in [9.17, 15) is 4.79 Å². The van der Waals surface area contributed by atoms with E-state index in [1.54, 1.807) is 6.92 Å². The van der Waals surface area contributed by atoms with E-state index in [0.29, 0.717) is 0 Å². The predicted octanol–water partition coefficient (Wildman–Crippen LogP) is 0.970. The minimum atomic E-state index is -0.662. The summed E-state index contributed by atoms with van der Waals surface area (Å²) in [4.78, 5) is 11.0. The monoisotopic (exact) mass is 185 g/mol. The first-order valence-corrected chi connectivity index (χ1v) is 4.04. The Morgan fingerprint density at radius 3 is 2.08 bits per heavy atom. The van der Waals surface area contributed by atoms with Gasteiger partial charge in [0.05, 0.1) is 6.07 Å². The van der Waals surface area contributed by atoms with Gasteiger partial charge in [-0.25, -0.2) is 0 Å². The number of rotatable bonds is 5. The van der Waals surface area contributed by atoms with Gasteiger partial charge in [0.2, 0.25) is 0 Å². The lowest BCUT2D eigenvalue weighted by atomic mass is 9.91. The van der Waals surface area contributed by atoms with E-state index < -0.39 is 12.2 Å². The van der Waals surface area contributed by atoms with Crippen molar-refractivity contribution in [3.63, 3.8) is 0 Å². The van der Waals surface area contributed by atoms with Crippen LogP contribution < -0.4 is 0 Å². The number of carbonyl (C=O) groups is 1. The summed E-state index contributed by atoms with van der Waals surface area (Å²) in [5.74, 6) is -1.07. The van der Waals surface area contributed by atoms with E-state index in [1.807, 2.05) is 6.07 Å². The number of carbonyl (C=O) groups excluding carboxylic acids is 1. The molecule has 13 heavy (non-hydrogen) atoms. The number of ether oxygens (including phenoxy) is 2. The van der Waals surface area contributed by atoms with Gasteiger partial charge in [-0.3, -0.25) is 4.79 Å². The molecule has 0 aliphatic heterocycles. The molecular weight excluding hydrogens is 170 g/mol. The molecular formula is C9H15NO3. The molecule has 0 saturated carbocycles. The van der Waals surface area contributed by atoms with Crippen molar-refractivity contribution in [1.29, 1.82) is 5.26 Å². The number of hydrogen-bond donors (Lipinski definition) is 0. The van der Waals surface area contributed by atoms with Crippen molar-refractivity contribution in [2.24, 2.45) is 11.8 Å².